The molecule has 0 fully saturated rings. The predicted molar refractivity (Wildman–Crippen MR) is 108 cm³/mol. The minimum absolute atomic E-state index is 0.00539. The lowest BCUT2D eigenvalue weighted by Crippen LogP contribution is -2.15. The van der Waals surface area contributed by atoms with E-state index in [9.17, 15) is 4.79 Å². The van der Waals surface area contributed by atoms with Crippen molar-refractivity contribution in [3.05, 3.63) is 63.8 Å². The minimum atomic E-state index is -0.784. The van der Waals surface area contributed by atoms with Crippen LogP contribution < -0.4 is 4.74 Å². The highest BCUT2D eigenvalue weighted by Gasteiger charge is 2.14. The summed E-state index contributed by atoms with van der Waals surface area (Å²) < 4.78 is 10.7. The maximum absolute atomic E-state index is 12.2. The number of aromatic nitrogens is 1. The maximum atomic E-state index is 12.2. The molecule has 3 rings (SSSR count). The molecular weight excluding hydrogens is 387 g/mol. The van der Waals surface area contributed by atoms with Gasteiger partial charge in [0, 0.05) is 39.3 Å². The zero-order valence-electron chi connectivity index (χ0n) is 15.1. The summed E-state index contributed by atoms with van der Waals surface area (Å²) in [5.74, 6) is 0.467. The smallest absolute Gasteiger partial charge is 0.429 e. The third-order valence-electron chi connectivity index (χ3n) is 4.13. The second kappa shape index (κ2) is 8.65. The highest BCUT2D eigenvalue weighted by molar-refractivity contribution is 6.35. The Kier molecular flexibility index (Phi) is 6.26. The molecule has 0 bridgehead atoms. The SMILES string of the molecule is CN(C)CCc1c[nH]c2cccc(OC(=O)OCc3ccc(Cl)cc3Cl)c12. The number of H-pyrrole nitrogens is 1. The number of likely N-dealkylation sites (N-methyl/N-ethyl adjacent to an activating group) is 1. The number of aromatic amines is 1. The fraction of sp³-hybridized carbons (Fsp3) is 0.250. The first-order chi connectivity index (χ1) is 12.9. The van der Waals surface area contributed by atoms with Gasteiger partial charge in [0.1, 0.15) is 12.4 Å². The summed E-state index contributed by atoms with van der Waals surface area (Å²) in [5, 5.41) is 1.85. The lowest BCUT2D eigenvalue weighted by atomic mass is 10.1. The van der Waals surface area contributed by atoms with E-state index in [1.54, 1.807) is 24.3 Å². The number of nitrogens with one attached hydrogen (secondary N) is 1. The monoisotopic (exact) mass is 406 g/mol. The van der Waals surface area contributed by atoms with E-state index in [2.05, 4.69) is 9.88 Å². The van der Waals surface area contributed by atoms with Crippen LogP contribution in [0.15, 0.2) is 42.6 Å². The Balaban J connectivity index is 1.71. The van der Waals surface area contributed by atoms with E-state index in [0.29, 0.717) is 21.4 Å². The fourth-order valence-corrected chi connectivity index (χ4v) is 3.20. The van der Waals surface area contributed by atoms with E-state index in [1.807, 2.05) is 32.4 Å². The molecule has 7 heteroatoms. The van der Waals surface area contributed by atoms with E-state index in [-0.39, 0.29) is 6.61 Å². The molecule has 0 aliphatic carbocycles. The molecule has 1 aromatic heterocycles. The normalized spacial score (nSPS) is 11.1. The Hall–Kier alpha value is -2.21. The van der Waals surface area contributed by atoms with Crippen molar-refractivity contribution in [1.82, 2.24) is 9.88 Å². The zero-order valence-corrected chi connectivity index (χ0v) is 16.6. The van der Waals surface area contributed by atoms with Crippen molar-refractivity contribution in [3.8, 4) is 5.75 Å². The lowest BCUT2D eigenvalue weighted by Gasteiger charge is -2.11. The van der Waals surface area contributed by atoms with Crippen molar-refractivity contribution >= 4 is 40.3 Å². The van der Waals surface area contributed by atoms with Crippen molar-refractivity contribution in [3.63, 3.8) is 0 Å². The number of carbonyl (C=O) groups is 1. The Morgan fingerprint density at radius 2 is 1.96 bits per heavy atom. The number of rotatable bonds is 6. The first-order valence-corrected chi connectivity index (χ1v) is 9.22. The fourth-order valence-electron chi connectivity index (χ4n) is 2.74. The highest BCUT2D eigenvalue weighted by atomic mass is 35.5. The predicted octanol–water partition coefficient (Wildman–Crippen LogP) is 5.29. The second-order valence-corrected chi connectivity index (χ2v) is 7.27. The van der Waals surface area contributed by atoms with Crippen molar-refractivity contribution in [2.24, 2.45) is 0 Å². The summed E-state index contributed by atoms with van der Waals surface area (Å²) in [6, 6.07) is 10.5. The van der Waals surface area contributed by atoms with Crippen LogP contribution >= 0.6 is 23.2 Å². The number of benzene rings is 2. The number of carbonyl (C=O) groups excluding carboxylic acids is 1. The van der Waals surface area contributed by atoms with E-state index >= 15 is 0 Å². The second-order valence-electron chi connectivity index (χ2n) is 6.42. The van der Waals surface area contributed by atoms with Crippen molar-refractivity contribution in [1.29, 1.82) is 0 Å². The molecule has 142 valence electrons. The maximum Gasteiger partial charge on any atom is 0.514 e. The Bertz CT molecular complexity index is 954. The van der Waals surface area contributed by atoms with Crippen molar-refractivity contribution in [2.45, 2.75) is 13.0 Å². The molecular formula is C20H20Cl2N2O3. The van der Waals surface area contributed by atoms with Gasteiger partial charge in [-0.25, -0.2) is 4.79 Å². The molecule has 0 spiro atoms. The minimum Gasteiger partial charge on any atom is -0.429 e. The number of halogens is 2. The summed E-state index contributed by atoms with van der Waals surface area (Å²) in [5.41, 5.74) is 2.65. The highest BCUT2D eigenvalue weighted by Crippen LogP contribution is 2.30. The quantitative estimate of drug-likeness (QED) is 0.445. The number of fused-ring (bicyclic) bond motifs is 1. The van der Waals surface area contributed by atoms with Crippen LogP contribution in [0.25, 0.3) is 10.9 Å². The molecule has 3 aromatic rings. The molecule has 0 aliphatic rings. The third kappa shape index (κ3) is 4.95. The molecule has 0 saturated carbocycles. The van der Waals surface area contributed by atoms with E-state index in [4.69, 9.17) is 32.7 Å². The zero-order chi connectivity index (χ0) is 19.4. The van der Waals surface area contributed by atoms with Crippen molar-refractivity contribution in [2.75, 3.05) is 20.6 Å². The Morgan fingerprint density at radius 1 is 1.15 bits per heavy atom. The van der Waals surface area contributed by atoms with Gasteiger partial charge in [0.25, 0.3) is 0 Å². The van der Waals surface area contributed by atoms with Crippen LogP contribution in [0.5, 0.6) is 5.75 Å². The van der Waals surface area contributed by atoms with Crippen LogP contribution in [0, 0.1) is 0 Å². The first kappa shape index (κ1) is 19.5. The van der Waals surface area contributed by atoms with E-state index in [0.717, 1.165) is 29.4 Å². The molecule has 0 unspecified atom stereocenters. The van der Waals surface area contributed by atoms with Gasteiger partial charge in [-0.1, -0.05) is 35.3 Å². The Morgan fingerprint density at radius 3 is 2.70 bits per heavy atom. The van der Waals surface area contributed by atoms with Gasteiger partial charge < -0.3 is 19.4 Å². The van der Waals surface area contributed by atoms with Gasteiger partial charge >= 0.3 is 6.16 Å². The van der Waals surface area contributed by atoms with Gasteiger partial charge in [0.15, 0.2) is 0 Å². The van der Waals surface area contributed by atoms with Crippen LogP contribution in [-0.4, -0.2) is 36.7 Å². The van der Waals surface area contributed by atoms with Gasteiger partial charge in [-0.05, 0) is 50.3 Å². The van der Waals surface area contributed by atoms with E-state index in [1.165, 1.54) is 0 Å². The number of hydrogen-bond donors (Lipinski definition) is 1. The molecule has 0 radical (unpaired) electrons. The van der Waals surface area contributed by atoms with Gasteiger partial charge in [-0.15, -0.1) is 0 Å². The van der Waals surface area contributed by atoms with Crippen LogP contribution in [0.3, 0.4) is 0 Å². The average molecular weight is 407 g/mol. The van der Waals surface area contributed by atoms with Crippen LogP contribution in [-0.2, 0) is 17.8 Å². The molecule has 1 heterocycles. The first-order valence-electron chi connectivity index (χ1n) is 8.46. The van der Waals surface area contributed by atoms with Crippen molar-refractivity contribution < 1.29 is 14.3 Å². The van der Waals surface area contributed by atoms with Gasteiger partial charge in [0.2, 0.25) is 0 Å². The summed E-state index contributed by atoms with van der Waals surface area (Å²) in [6.45, 7) is 0.895. The van der Waals surface area contributed by atoms with E-state index < -0.39 is 6.16 Å². The van der Waals surface area contributed by atoms with Crippen LogP contribution in [0.4, 0.5) is 4.79 Å². The molecule has 1 N–H and O–H groups in total. The molecule has 0 atom stereocenters. The molecule has 27 heavy (non-hydrogen) atoms. The topological polar surface area (TPSA) is 54.6 Å². The summed E-state index contributed by atoms with van der Waals surface area (Å²) in [4.78, 5) is 17.5. The Labute approximate surface area is 167 Å². The van der Waals surface area contributed by atoms with Gasteiger partial charge in [-0.2, -0.15) is 0 Å². The lowest BCUT2D eigenvalue weighted by molar-refractivity contribution is 0.0933. The summed E-state index contributed by atoms with van der Waals surface area (Å²) in [6.07, 6.45) is 2.00. The van der Waals surface area contributed by atoms with Crippen LogP contribution in [0.2, 0.25) is 10.0 Å². The number of hydrogen-bond acceptors (Lipinski definition) is 4. The molecule has 2 aromatic carbocycles. The third-order valence-corrected chi connectivity index (χ3v) is 4.72. The summed E-state index contributed by atoms with van der Waals surface area (Å²) >= 11 is 12.0. The van der Waals surface area contributed by atoms with Crippen LogP contribution in [0.1, 0.15) is 11.1 Å². The molecule has 0 amide bonds. The number of nitrogens with zero attached hydrogens (tertiary/aromatic N) is 1. The van der Waals surface area contributed by atoms with Gasteiger partial charge in [-0.3, -0.25) is 0 Å². The average Bonchev–Trinajstić information content (AvgIpc) is 3.03. The molecule has 5 nitrogen and oxygen atoms in total. The molecule has 0 aliphatic heterocycles. The summed E-state index contributed by atoms with van der Waals surface area (Å²) in [7, 11) is 4.04. The largest absolute Gasteiger partial charge is 0.514 e. The van der Waals surface area contributed by atoms with Gasteiger partial charge in [0.05, 0.1) is 0 Å². The standard InChI is InChI=1S/C20H20Cl2N2O3/c1-24(2)9-8-13-11-23-17-4-3-5-18(19(13)17)27-20(25)26-12-14-6-7-15(21)10-16(14)22/h3-7,10-11,23H,8-9,12H2,1-2H3. The number of ether oxygens (including phenoxy) is 2. The molecule has 0 saturated heterocycles.